The minimum absolute atomic E-state index is 0.0367. The summed E-state index contributed by atoms with van der Waals surface area (Å²) < 4.78 is 23.5. The Labute approximate surface area is 154 Å². The third-order valence-corrected chi connectivity index (χ3v) is 5.76. The highest BCUT2D eigenvalue weighted by Gasteiger charge is 2.17. The minimum Gasteiger partial charge on any atom is -0.353 e. The fourth-order valence-electron chi connectivity index (χ4n) is 3.47. The van der Waals surface area contributed by atoms with Crippen LogP contribution in [0.15, 0.2) is 53.4 Å². The Balaban J connectivity index is 1.70. The van der Waals surface area contributed by atoms with Gasteiger partial charge in [-0.2, -0.15) is 0 Å². The first-order valence-corrected chi connectivity index (χ1v) is 10.5. The summed E-state index contributed by atoms with van der Waals surface area (Å²) in [6, 6.07) is 14.3. The molecule has 6 heteroatoms. The zero-order valence-electron chi connectivity index (χ0n) is 14.6. The number of benzene rings is 2. The number of hydrogen-bond donors (Lipinski definition) is 2. The van der Waals surface area contributed by atoms with Gasteiger partial charge in [0.15, 0.2) is 0 Å². The van der Waals surface area contributed by atoms with Crippen LogP contribution < -0.4 is 10.5 Å². The third kappa shape index (κ3) is 4.71. The van der Waals surface area contributed by atoms with E-state index in [0.29, 0.717) is 18.0 Å². The number of nitrogens with two attached hydrogens (primary N) is 1. The maximum Gasteiger partial charge on any atom is 0.238 e. The lowest BCUT2D eigenvalue weighted by Gasteiger charge is -2.22. The van der Waals surface area contributed by atoms with Gasteiger partial charge < -0.3 is 5.32 Å². The van der Waals surface area contributed by atoms with Crippen molar-refractivity contribution in [3.05, 3.63) is 54.1 Å². The van der Waals surface area contributed by atoms with Crippen molar-refractivity contribution in [1.82, 2.24) is 5.32 Å². The maximum absolute atomic E-state index is 12.2. The van der Waals surface area contributed by atoms with E-state index in [1.807, 2.05) is 24.3 Å². The van der Waals surface area contributed by atoms with Crippen LogP contribution in [0.5, 0.6) is 0 Å². The van der Waals surface area contributed by atoms with E-state index in [0.717, 1.165) is 24.0 Å². The minimum atomic E-state index is -3.79. The average molecular weight is 372 g/mol. The Morgan fingerprint density at radius 1 is 1.00 bits per heavy atom. The Morgan fingerprint density at radius 2 is 1.65 bits per heavy atom. The smallest absolute Gasteiger partial charge is 0.238 e. The van der Waals surface area contributed by atoms with Gasteiger partial charge in [-0.3, -0.25) is 4.79 Å². The van der Waals surface area contributed by atoms with E-state index in [2.05, 4.69) is 5.32 Å². The quantitative estimate of drug-likeness (QED) is 0.845. The second-order valence-electron chi connectivity index (χ2n) is 6.82. The van der Waals surface area contributed by atoms with Crippen molar-refractivity contribution < 1.29 is 13.2 Å². The van der Waals surface area contributed by atoms with Gasteiger partial charge in [0, 0.05) is 11.6 Å². The summed E-state index contributed by atoms with van der Waals surface area (Å²) in [6.45, 7) is 0. The molecule has 0 heterocycles. The van der Waals surface area contributed by atoms with Gasteiger partial charge in [-0.15, -0.1) is 0 Å². The lowest BCUT2D eigenvalue weighted by Crippen LogP contribution is -2.37. The number of carbonyl (C=O) groups excluding carboxylic acids is 1. The zero-order chi connectivity index (χ0) is 18.6. The second kappa shape index (κ2) is 8.01. The molecule has 2 aromatic rings. The van der Waals surface area contributed by atoms with Gasteiger partial charge in [-0.25, -0.2) is 13.6 Å². The molecule has 138 valence electrons. The molecule has 3 rings (SSSR count). The fourth-order valence-corrected chi connectivity index (χ4v) is 4.23. The normalized spacial score (nSPS) is 15.6. The van der Waals surface area contributed by atoms with Gasteiger partial charge >= 0.3 is 0 Å². The lowest BCUT2D eigenvalue weighted by molar-refractivity contribution is -0.121. The van der Waals surface area contributed by atoms with Crippen LogP contribution in [0.3, 0.4) is 0 Å². The number of amides is 1. The summed E-state index contributed by atoms with van der Waals surface area (Å²) in [6.07, 6.45) is 6.08. The van der Waals surface area contributed by atoms with E-state index in [-0.39, 0.29) is 10.8 Å². The van der Waals surface area contributed by atoms with Gasteiger partial charge in [-0.05, 0) is 30.0 Å². The van der Waals surface area contributed by atoms with Crippen LogP contribution in [0.25, 0.3) is 11.1 Å². The molecular formula is C20H24N2O3S. The maximum atomic E-state index is 12.2. The summed E-state index contributed by atoms with van der Waals surface area (Å²) in [7, 11) is -3.79. The molecule has 1 aliphatic carbocycles. The van der Waals surface area contributed by atoms with E-state index in [4.69, 9.17) is 5.14 Å². The second-order valence-corrected chi connectivity index (χ2v) is 8.35. The zero-order valence-corrected chi connectivity index (χ0v) is 15.5. The molecule has 1 fully saturated rings. The lowest BCUT2D eigenvalue weighted by atomic mass is 9.95. The number of carbonyl (C=O) groups is 1. The van der Waals surface area contributed by atoms with Crippen molar-refractivity contribution in [2.75, 3.05) is 0 Å². The Bertz CT molecular complexity index is 870. The molecule has 2 aromatic carbocycles. The standard InChI is InChI=1S/C20H24N2O3S/c21-26(24,25)19-9-5-4-8-18(19)16-12-10-15(11-13-16)14-20(23)22-17-6-2-1-3-7-17/h4-5,8-13,17H,1-3,6-7,14H2,(H,22,23)(H2,21,24,25). The van der Waals surface area contributed by atoms with Gasteiger partial charge in [0.1, 0.15) is 0 Å². The molecule has 1 amide bonds. The van der Waals surface area contributed by atoms with Gasteiger partial charge in [0.2, 0.25) is 15.9 Å². The van der Waals surface area contributed by atoms with Crippen molar-refractivity contribution in [3.63, 3.8) is 0 Å². The monoisotopic (exact) mass is 372 g/mol. The molecule has 0 aromatic heterocycles. The predicted molar refractivity (Wildman–Crippen MR) is 102 cm³/mol. The van der Waals surface area contributed by atoms with E-state index >= 15 is 0 Å². The van der Waals surface area contributed by atoms with Crippen molar-refractivity contribution in [2.24, 2.45) is 5.14 Å². The van der Waals surface area contributed by atoms with Crippen LogP contribution in [-0.4, -0.2) is 20.4 Å². The van der Waals surface area contributed by atoms with Crippen molar-refractivity contribution in [1.29, 1.82) is 0 Å². The summed E-state index contributed by atoms with van der Waals surface area (Å²) >= 11 is 0. The average Bonchev–Trinajstić information content (AvgIpc) is 2.62. The molecule has 0 radical (unpaired) electrons. The molecule has 0 unspecified atom stereocenters. The largest absolute Gasteiger partial charge is 0.353 e. The molecule has 5 nitrogen and oxygen atoms in total. The SMILES string of the molecule is NS(=O)(=O)c1ccccc1-c1ccc(CC(=O)NC2CCCCC2)cc1. The summed E-state index contributed by atoms with van der Waals surface area (Å²) in [5.74, 6) is 0.0367. The van der Waals surface area contributed by atoms with Gasteiger partial charge in [0.05, 0.1) is 11.3 Å². The number of rotatable bonds is 5. The first-order chi connectivity index (χ1) is 12.4. The molecule has 26 heavy (non-hydrogen) atoms. The molecule has 0 bridgehead atoms. The van der Waals surface area contributed by atoms with Gasteiger partial charge in [0.25, 0.3) is 0 Å². The van der Waals surface area contributed by atoms with E-state index in [9.17, 15) is 13.2 Å². The van der Waals surface area contributed by atoms with Crippen LogP contribution in [0, 0.1) is 0 Å². The summed E-state index contributed by atoms with van der Waals surface area (Å²) in [5.41, 5.74) is 2.22. The number of sulfonamides is 1. The highest BCUT2D eigenvalue weighted by atomic mass is 32.2. The van der Waals surface area contributed by atoms with Crippen LogP contribution in [0.2, 0.25) is 0 Å². The topological polar surface area (TPSA) is 89.3 Å². The highest BCUT2D eigenvalue weighted by molar-refractivity contribution is 7.89. The molecule has 1 aliphatic rings. The molecular weight excluding hydrogens is 348 g/mol. The highest BCUT2D eigenvalue weighted by Crippen LogP contribution is 2.26. The third-order valence-electron chi connectivity index (χ3n) is 4.79. The Hall–Kier alpha value is -2.18. The summed E-state index contributed by atoms with van der Waals surface area (Å²) in [5, 5.41) is 8.41. The van der Waals surface area contributed by atoms with Gasteiger partial charge in [-0.1, -0.05) is 61.7 Å². The molecule has 0 saturated heterocycles. The first-order valence-electron chi connectivity index (χ1n) is 8.94. The van der Waals surface area contributed by atoms with E-state index in [1.165, 1.54) is 25.3 Å². The fraction of sp³-hybridized carbons (Fsp3) is 0.350. The molecule has 0 atom stereocenters. The molecule has 3 N–H and O–H groups in total. The van der Waals surface area contributed by atoms with Crippen molar-refractivity contribution in [2.45, 2.75) is 49.5 Å². The first kappa shape index (κ1) is 18.6. The molecule has 0 aliphatic heterocycles. The van der Waals surface area contributed by atoms with Crippen LogP contribution in [0.4, 0.5) is 0 Å². The number of nitrogens with one attached hydrogen (secondary N) is 1. The van der Waals surface area contributed by atoms with Crippen LogP contribution >= 0.6 is 0 Å². The Morgan fingerprint density at radius 3 is 2.31 bits per heavy atom. The van der Waals surface area contributed by atoms with Crippen molar-refractivity contribution >= 4 is 15.9 Å². The molecule has 0 spiro atoms. The summed E-state index contributed by atoms with van der Waals surface area (Å²) in [4.78, 5) is 12.3. The van der Waals surface area contributed by atoms with Crippen LogP contribution in [-0.2, 0) is 21.2 Å². The van der Waals surface area contributed by atoms with Crippen LogP contribution in [0.1, 0.15) is 37.7 Å². The Kier molecular flexibility index (Phi) is 5.74. The number of primary sulfonamides is 1. The molecule has 1 saturated carbocycles. The van der Waals surface area contributed by atoms with E-state index in [1.54, 1.807) is 18.2 Å². The van der Waals surface area contributed by atoms with Crippen molar-refractivity contribution in [3.8, 4) is 11.1 Å². The predicted octanol–water partition coefficient (Wildman–Crippen LogP) is 2.99. The number of hydrogen-bond acceptors (Lipinski definition) is 3. The van der Waals surface area contributed by atoms with E-state index < -0.39 is 10.0 Å².